The highest BCUT2D eigenvalue weighted by Gasteiger charge is 2.04. The summed E-state index contributed by atoms with van der Waals surface area (Å²) in [4.78, 5) is 11.2. The average molecular weight is 241 g/mol. The van der Waals surface area contributed by atoms with Crippen LogP contribution in [0.15, 0.2) is 31.0 Å². The number of nitrogens with one attached hydrogen (secondary N) is 2. The van der Waals surface area contributed by atoms with Crippen molar-refractivity contribution in [2.75, 3.05) is 6.61 Å². The number of carbonyl (C=O) groups excluding carboxylic acids is 1. The molecule has 1 rings (SSSR count). The fourth-order valence-electron chi connectivity index (χ4n) is 1.09. The van der Waals surface area contributed by atoms with Gasteiger partial charge in [0.25, 0.3) is 5.91 Å². The third kappa shape index (κ3) is 3.82. The van der Waals surface area contributed by atoms with Crippen molar-refractivity contribution in [1.29, 1.82) is 0 Å². The second-order valence-corrected chi connectivity index (χ2v) is 3.53. The molecule has 0 radical (unpaired) electrons. The summed E-state index contributed by atoms with van der Waals surface area (Å²) in [5.74, 6) is 0.354. The molecule has 0 aliphatic rings. The van der Waals surface area contributed by atoms with Crippen LogP contribution in [0.4, 0.5) is 0 Å². The summed E-state index contributed by atoms with van der Waals surface area (Å²) >= 11 is 5.79. The highest BCUT2D eigenvalue weighted by molar-refractivity contribution is 6.30. The van der Waals surface area contributed by atoms with Crippen molar-refractivity contribution in [2.45, 2.75) is 6.92 Å². The Balaban J connectivity index is 2.48. The van der Waals surface area contributed by atoms with Crippen LogP contribution in [-0.2, 0) is 4.79 Å². The molecule has 0 spiro atoms. The smallest absolute Gasteiger partial charge is 0.276 e. The van der Waals surface area contributed by atoms with E-state index in [0.717, 1.165) is 5.56 Å². The third-order valence-corrected chi connectivity index (χ3v) is 2.04. The summed E-state index contributed by atoms with van der Waals surface area (Å²) in [6.45, 7) is 5.19. The summed E-state index contributed by atoms with van der Waals surface area (Å²) in [6.07, 6.45) is 1.37. The van der Waals surface area contributed by atoms with Crippen LogP contribution >= 0.6 is 11.6 Å². The number of hydrogen-bond donors (Lipinski definition) is 2. The van der Waals surface area contributed by atoms with Gasteiger partial charge in [-0.15, -0.1) is 0 Å². The first-order chi connectivity index (χ1) is 7.63. The molecule has 0 fully saturated rings. The number of hydrogen-bond acceptors (Lipinski definition) is 3. The first kappa shape index (κ1) is 12.4. The molecule has 0 atom stereocenters. The summed E-state index contributed by atoms with van der Waals surface area (Å²) in [5.41, 5.74) is 5.73. The standard InChI is InChI=1S/C11H13ClN2O2/c1-3-13-14-11(15)7-16-10-5-4-9(12)6-8(10)2/h3-6,13H,1,7H2,2H3,(H,14,15). The Kier molecular flexibility index (Phi) is 4.66. The van der Waals surface area contributed by atoms with Crippen LogP contribution in [0.3, 0.4) is 0 Å². The van der Waals surface area contributed by atoms with Gasteiger partial charge in [0.1, 0.15) is 5.75 Å². The van der Waals surface area contributed by atoms with Crippen LogP contribution in [0.25, 0.3) is 0 Å². The predicted molar refractivity (Wildman–Crippen MR) is 63.2 cm³/mol. The number of benzene rings is 1. The topological polar surface area (TPSA) is 50.4 Å². The second-order valence-electron chi connectivity index (χ2n) is 3.10. The average Bonchev–Trinajstić information content (AvgIpc) is 2.25. The van der Waals surface area contributed by atoms with E-state index in [2.05, 4.69) is 17.4 Å². The lowest BCUT2D eigenvalue weighted by Gasteiger charge is -2.09. The van der Waals surface area contributed by atoms with Crippen molar-refractivity contribution in [3.8, 4) is 5.75 Å². The van der Waals surface area contributed by atoms with E-state index >= 15 is 0 Å². The Morgan fingerprint density at radius 1 is 1.62 bits per heavy atom. The van der Waals surface area contributed by atoms with E-state index < -0.39 is 0 Å². The highest BCUT2D eigenvalue weighted by Crippen LogP contribution is 2.21. The van der Waals surface area contributed by atoms with Gasteiger partial charge in [0.2, 0.25) is 0 Å². The molecule has 0 heterocycles. The van der Waals surface area contributed by atoms with Crippen molar-refractivity contribution in [3.63, 3.8) is 0 Å². The Hall–Kier alpha value is -1.68. The van der Waals surface area contributed by atoms with Crippen LogP contribution in [-0.4, -0.2) is 12.5 Å². The van der Waals surface area contributed by atoms with Crippen LogP contribution in [0.5, 0.6) is 5.75 Å². The Morgan fingerprint density at radius 3 is 3.00 bits per heavy atom. The molecule has 0 aliphatic heterocycles. The Labute approximate surface area is 99.2 Å². The highest BCUT2D eigenvalue weighted by atomic mass is 35.5. The number of aryl methyl sites for hydroxylation is 1. The van der Waals surface area contributed by atoms with E-state index in [1.54, 1.807) is 18.2 Å². The Bertz CT molecular complexity index is 394. The van der Waals surface area contributed by atoms with E-state index in [0.29, 0.717) is 10.8 Å². The maximum Gasteiger partial charge on any atom is 0.276 e. The van der Waals surface area contributed by atoms with Crippen molar-refractivity contribution < 1.29 is 9.53 Å². The van der Waals surface area contributed by atoms with Gasteiger partial charge in [0.05, 0.1) is 0 Å². The molecular formula is C11H13ClN2O2. The molecule has 16 heavy (non-hydrogen) atoms. The number of amides is 1. The molecule has 1 aromatic rings. The third-order valence-electron chi connectivity index (χ3n) is 1.81. The lowest BCUT2D eigenvalue weighted by Crippen LogP contribution is -2.36. The molecule has 0 saturated carbocycles. The van der Waals surface area contributed by atoms with Crippen molar-refractivity contribution in [2.24, 2.45) is 0 Å². The van der Waals surface area contributed by atoms with Crippen LogP contribution < -0.4 is 15.6 Å². The van der Waals surface area contributed by atoms with Crippen molar-refractivity contribution in [1.82, 2.24) is 10.9 Å². The quantitative estimate of drug-likeness (QED) is 0.772. The van der Waals surface area contributed by atoms with Gasteiger partial charge in [0.15, 0.2) is 6.61 Å². The monoisotopic (exact) mass is 240 g/mol. The minimum atomic E-state index is -0.283. The summed E-state index contributed by atoms with van der Waals surface area (Å²) in [7, 11) is 0. The molecule has 0 aliphatic carbocycles. The Morgan fingerprint density at radius 2 is 2.38 bits per heavy atom. The zero-order valence-corrected chi connectivity index (χ0v) is 9.67. The van der Waals surface area contributed by atoms with E-state index in [1.165, 1.54) is 6.20 Å². The van der Waals surface area contributed by atoms with Gasteiger partial charge in [-0.2, -0.15) is 0 Å². The number of rotatable bonds is 5. The fraction of sp³-hybridized carbons (Fsp3) is 0.182. The van der Waals surface area contributed by atoms with Gasteiger partial charge >= 0.3 is 0 Å². The molecule has 1 amide bonds. The van der Waals surface area contributed by atoms with Crippen molar-refractivity contribution in [3.05, 3.63) is 41.6 Å². The number of carbonyl (C=O) groups is 1. The molecule has 1 aromatic carbocycles. The SMILES string of the molecule is C=CNNC(=O)COc1ccc(Cl)cc1C. The van der Waals surface area contributed by atoms with E-state index in [-0.39, 0.29) is 12.5 Å². The number of hydrazine groups is 1. The summed E-state index contributed by atoms with van der Waals surface area (Å²) in [6, 6.07) is 5.21. The molecule has 0 saturated heterocycles. The molecule has 86 valence electrons. The zero-order chi connectivity index (χ0) is 12.0. The lowest BCUT2D eigenvalue weighted by atomic mass is 10.2. The zero-order valence-electron chi connectivity index (χ0n) is 8.92. The largest absolute Gasteiger partial charge is 0.483 e. The van der Waals surface area contributed by atoms with Crippen LogP contribution in [0.1, 0.15) is 5.56 Å². The first-order valence-corrected chi connectivity index (χ1v) is 5.05. The summed E-state index contributed by atoms with van der Waals surface area (Å²) < 4.78 is 5.31. The van der Waals surface area contributed by atoms with E-state index in [9.17, 15) is 4.79 Å². The predicted octanol–water partition coefficient (Wildman–Crippen LogP) is 1.79. The molecule has 2 N–H and O–H groups in total. The fourth-order valence-corrected chi connectivity index (χ4v) is 1.31. The number of ether oxygens (including phenoxy) is 1. The maximum absolute atomic E-state index is 11.2. The van der Waals surface area contributed by atoms with Crippen LogP contribution in [0, 0.1) is 6.92 Å². The molecular weight excluding hydrogens is 228 g/mol. The van der Waals surface area contributed by atoms with Gasteiger partial charge in [-0.25, -0.2) is 0 Å². The van der Waals surface area contributed by atoms with Crippen LogP contribution in [0.2, 0.25) is 5.02 Å². The second kappa shape index (κ2) is 6.02. The van der Waals surface area contributed by atoms with Gasteiger partial charge in [0, 0.05) is 11.2 Å². The molecule has 4 nitrogen and oxygen atoms in total. The molecule has 0 aromatic heterocycles. The molecule has 0 unspecified atom stereocenters. The van der Waals surface area contributed by atoms with E-state index in [1.807, 2.05) is 6.92 Å². The number of halogens is 1. The van der Waals surface area contributed by atoms with Gasteiger partial charge in [-0.3, -0.25) is 10.2 Å². The van der Waals surface area contributed by atoms with Gasteiger partial charge in [-0.05, 0) is 30.7 Å². The minimum Gasteiger partial charge on any atom is -0.483 e. The first-order valence-electron chi connectivity index (χ1n) is 4.67. The molecule has 5 heteroatoms. The summed E-state index contributed by atoms with van der Waals surface area (Å²) in [5, 5.41) is 0.641. The van der Waals surface area contributed by atoms with Gasteiger partial charge in [-0.1, -0.05) is 18.2 Å². The molecule has 0 bridgehead atoms. The maximum atomic E-state index is 11.2. The van der Waals surface area contributed by atoms with E-state index in [4.69, 9.17) is 16.3 Å². The lowest BCUT2D eigenvalue weighted by molar-refractivity contribution is -0.123. The normalized spacial score (nSPS) is 9.38. The minimum absolute atomic E-state index is 0.0662. The van der Waals surface area contributed by atoms with Crippen molar-refractivity contribution >= 4 is 17.5 Å². The van der Waals surface area contributed by atoms with Gasteiger partial charge < -0.3 is 10.2 Å².